The molecule has 0 heterocycles. The zero-order valence-electron chi connectivity index (χ0n) is 11.2. The summed E-state index contributed by atoms with van der Waals surface area (Å²) in [5, 5.41) is 2.90. The van der Waals surface area contributed by atoms with Crippen molar-refractivity contribution < 1.29 is 9.59 Å². The van der Waals surface area contributed by atoms with Gasteiger partial charge in [0.25, 0.3) is 0 Å². The number of nitrogens with one attached hydrogen (secondary N) is 1. The predicted molar refractivity (Wildman–Crippen MR) is 67.4 cm³/mol. The minimum atomic E-state index is -0.0695. The van der Waals surface area contributed by atoms with E-state index >= 15 is 0 Å². The van der Waals surface area contributed by atoms with Crippen molar-refractivity contribution in [1.29, 1.82) is 0 Å². The van der Waals surface area contributed by atoms with Gasteiger partial charge in [0.05, 0.1) is 11.8 Å². The molecule has 1 fully saturated rings. The highest BCUT2D eigenvalue weighted by Crippen LogP contribution is 2.40. The van der Waals surface area contributed by atoms with E-state index in [2.05, 4.69) is 12.2 Å². The predicted octanol–water partition coefficient (Wildman–Crippen LogP) is 1.41. The van der Waals surface area contributed by atoms with E-state index in [1.807, 2.05) is 18.7 Å². The van der Waals surface area contributed by atoms with Crippen LogP contribution in [0.15, 0.2) is 0 Å². The smallest absolute Gasteiger partial charge is 0.226 e. The molecule has 1 N–H and O–H groups in total. The number of unbranched alkanes of at least 4 members (excludes halogenated alkanes) is 1. The lowest BCUT2D eigenvalue weighted by molar-refractivity contribution is -0.134. The Balaban J connectivity index is 2.32. The van der Waals surface area contributed by atoms with Crippen molar-refractivity contribution >= 4 is 11.8 Å². The molecule has 98 valence electrons. The third-order valence-electron chi connectivity index (χ3n) is 3.35. The van der Waals surface area contributed by atoms with Crippen LogP contribution in [0, 0.1) is 11.8 Å². The summed E-state index contributed by atoms with van der Waals surface area (Å²) in [6.45, 7) is 8.24. The number of rotatable bonds is 7. The lowest BCUT2D eigenvalue weighted by atomic mass is 10.2. The molecule has 0 aromatic heterocycles. The van der Waals surface area contributed by atoms with Crippen LogP contribution in [0.4, 0.5) is 0 Å². The van der Waals surface area contributed by atoms with Crippen molar-refractivity contribution in [2.45, 2.75) is 40.0 Å². The average Bonchev–Trinajstić information content (AvgIpc) is 3.10. The van der Waals surface area contributed by atoms with Gasteiger partial charge in [0.2, 0.25) is 11.8 Å². The first kappa shape index (κ1) is 14.0. The van der Waals surface area contributed by atoms with Crippen LogP contribution >= 0.6 is 0 Å². The fourth-order valence-electron chi connectivity index (χ4n) is 2.05. The van der Waals surface area contributed by atoms with Crippen molar-refractivity contribution in [1.82, 2.24) is 10.2 Å². The monoisotopic (exact) mass is 240 g/mol. The number of carbonyl (C=O) groups excluding carboxylic acids is 2. The Morgan fingerprint density at radius 1 is 1.18 bits per heavy atom. The maximum absolute atomic E-state index is 12.0. The molecule has 0 spiro atoms. The van der Waals surface area contributed by atoms with E-state index in [-0.39, 0.29) is 23.7 Å². The van der Waals surface area contributed by atoms with Crippen molar-refractivity contribution in [3.63, 3.8) is 0 Å². The largest absolute Gasteiger partial charge is 0.356 e. The molecule has 2 atom stereocenters. The highest BCUT2D eigenvalue weighted by Gasteiger charge is 2.48. The van der Waals surface area contributed by atoms with Crippen LogP contribution in [-0.4, -0.2) is 36.3 Å². The fourth-order valence-corrected chi connectivity index (χ4v) is 2.05. The highest BCUT2D eigenvalue weighted by molar-refractivity contribution is 5.92. The molecule has 1 aliphatic carbocycles. The van der Waals surface area contributed by atoms with E-state index in [1.165, 1.54) is 0 Å². The molecule has 1 rings (SSSR count). The molecule has 0 radical (unpaired) electrons. The molecular weight excluding hydrogens is 216 g/mol. The Morgan fingerprint density at radius 3 is 2.35 bits per heavy atom. The number of nitrogens with zero attached hydrogens (tertiary/aromatic N) is 1. The van der Waals surface area contributed by atoms with Gasteiger partial charge in [-0.15, -0.1) is 0 Å². The molecule has 0 aliphatic heterocycles. The third kappa shape index (κ3) is 3.72. The lowest BCUT2D eigenvalue weighted by Crippen LogP contribution is -2.34. The van der Waals surface area contributed by atoms with Crippen molar-refractivity contribution in [3.05, 3.63) is 0 Å². The molecule has 2 amide bonds. The van der Waals surface area contributed by atoms with Gasteiger partial charge in [-0.3, -0.25) is 9.59 Å². The van der Waals surface area contributed by atoms with E-state index in [9.17, 15) is 9.59 Å². The van der Waals surface area contributed by atoms with E-state index in [4.69, 9.17) is 0 Å². The summed E-state index contributed by atoms with van der Waals surface area (Å²) < 4.78 is 0. The topological polar surface area (TPSA) is 49.4 Å². The molecule has 1 aliphatic rings. The van der Waals surface area contributed by atoms with Crippen molar-refractivity contribution in [2.24, 2.45) is 11.8 Å². The number of hydrogen-bond acceptors (Lipinski definition) is 2. The highest BCUT2D eigenvalue weighted by atomic mass is 16.2. The second kappa shape index (κ2) is 6.62. The molecule has 0 bridgehead atoms. The van der Waals surface area contributed by atoms with Crippen LogP contribution in [0.3, 0.4) is 0 Å². The number of amides is 2. The van der Waals surface area contributed by atoms with Crippen LogP contribution < -0.4 is 5.32 Å². The molecule has 0 aromatic rings. The SMILES string of the molecule is CCCCNC(=O)C1CC1C(=O)N(CC)CC. The lowest BCUT2D eigenvalue weighted by Gasteiger charge is -2.18. The van der Waals surface area contributed by atoms with E-state index in [1.54, 1.807) is 0 Å². The summed E-state index contributed by atoms with van der Waals surface area (Å²) in [6, 6.07) is 0. The summed E-state index contributed by atoms with van der Waals surface area (Å²) >= 11 is 0. The van der Waals surface area contributed by atoms with E-state index in [0.29, 0.717) is 0 Å². The first-order chi connectivity index (χ1) is 8.15. The Kier molecular flexibility index (Phi) is 5.45. The molecule has 1 saturated carbocycles. The summed E-state index contributed by atoms with van der Waals surface area (Å²) in [5.41, 5.74) is 0. The van der Waals surface area contributed by atoms with Gasteiger partial charge in [0.1, 0.15) is 0 Å². The van der Waals surface area contributed by atoms with E-state index < -0.39 is 0 Å². The standard InChI is InChI=1S/C13H24N2O2/c1-4-7-8-14-12(16)10-9-11(10)13(17)15(5-2)6-3/h10-11H,4-9H2,1-3H3,(H,14,16). The summed E-state index contributed by atoms with van der Waals surface area (Å²) in [6.07, 6.45) is 2.81. The minimum Gasteiger partial charge on any atom is -0.356 e. The Hall–Kier alpha value is -1.06. The van der Waals surface area contributed by atoms with Gasteiger partial charge in [-0.25, -0.2) is 0 Å². The number of hydrogen-bond donors (Lipinski definition) is 1. The van der Waals surface area contributed by atoms with Gasteiger partial charge < -0.3 is 10.2 Å². The molecule has 17 heavy (non-hydrogen) atoms. The zero-order chi connectivity index (χ0) is 12.8. The second-order valence-electron chi connectivity index (χ2n) is 4.60. The van der Waals surface area contributed by atoms with Gasteiger partial charge in [-0.1, -0.05) is 13.3 Å². The molecule has 0 saturated heterocycles. The van der Waals surface area contributed by atoms with E-state index in [0.717, 1.165) is 38.9 Å². The minimum absolute atomic E-state index is 0.0588. The third-order valence-corrected chi connectivity index (χ3v) is 3.35. The zero-order valence-corrected chi connectivity index (χ0v) is 11.2. The Morgan fingerprint density at radius 2 is 1.82 bits per heavy atom. The van der Waals surface area contributed by atoms with Crippen LogP contribution in [0.5, 0.6) is 0 Å². The van der Waals surface area contributed by atoms with Crippen LogP contribution in [-0.2, 0) is 9.59 Å². The van der Waals surface area contributed by atoms with Crippen LogP contribution in [0.1, 0.15) is 40.0 Å². The maximum Gasteiger partial charge on any atom is 0.226 e. The Bertz CT molecular complexity index is 275. The molecule has 2 unspecified atom stereocenters. The van der Waals surface area contributed by atoms with Crippen LogP contribution in [0.2, 0.25) is 0 Å². The van der Waals surface area contributed by atoms with Crippen molar-refractivity contribution in [3.8, 4) is 0 Å². The average molecular weight is 240 g/mol. The Labute approximate surface area is 104 Å². The summed E-state index contributed by atoms with van der Waals surface area (Å²) in [4.78, 5) is 25.5. The van der Waals surface area contributed by atoms with Gasteiger partial charge in [-0.05, 0) is 26.7 Å². The number of carbonyl (C=O) groups is 2. The molecule has 4 nitrogen and oxygen atoms in total. The molecular formula is C13H24N2O2. The summed E-state index contributed by atoms with van der Waals surface area (Å²) in [7, 11) is 0. The quantitative estimate of drug-likeness (QED) is 0.684. The fraction of sp³-hybridized carbons (Fsp3) is 0.846. The second-order valence-corrected chi connectivity index (χ2v) is 4.60. The van der Waals surface area contributed by atoms with Crippen LogP contribution in [0.25, 0.3) is 0 Å². The maximum atomic E-state index is 12.0. The van der Waals surface area contributed by atoms with Gasteiger partial charge in [0, 0.05) is 19.6 Å². The first-order valence-corrected chi connectivity index (χ1v) is 6.72. The first-order valence-electron chi connectivity index (χ1n) is 6.72. The van der Waals surface area contributed by atoms with Gasteiger partial charge in [-0.2, -0.15) is 0 Å². The van der Waals surface area contributed by atoms with Crippen molar-refractivity contribution in [2.75, 3.05) is 19.6 Å². The molecule has 0 aromatic carbocycles. The summed E-state index contributed by atoms with van der Waals surface area (Å²) in [5.74, 6) is 0.0751. The molecule has 4 heteroatoms. The normalized spacial score (nSPS) is 22.1. The van der Waals surface area contributed by atoms with Gasteiger partial charge in [0.15, 0.2) is 0 Å². The van der Waals surface area contributed by atoms with Gasteiger partial charge >= 0.3 is 0 Å².